The second-order valence-electron chi connectivity index (χ2n) is 11.4. The standard InChI is InChI=1S/C32H35FN6O7/c1-4-34-31(42)38-27-23-28(36-16-35-27)39(17-37-23)29-25-24(45-32(3,46-25)14-13-19-10-6-5-7-11-19)21(44-29)15-43-26(33)22-18(2)9-8-12-20(22)30(40)41/h5-8,10-14,16-18,21,24-26,29H,4,9,15H2,1-3H3,(H,40,41)(H2,34,35,36,38,42)/b14-13+. The zero-order chi connectivity index (χ0) is 32.4. The number of alkyl halides is 1. The summed E-state index contributed by atoms with van der Waals surface area (Å²) in [4.78, 5) is 37.0. The van der Waals surface area contributed by atoms with Gasteiger partial charge < -0.3 is 29.4 Å². The number of hydrogen-bond donors (Lipinski definition) is 3. The molecule has 2 fully saturated rings. The number of urea groups is 1. The number of allylic oxidation sites excluding steroid dienone is 1. The molecule has 14 heteroatoms. The number of carbonyl (C=O) groups is 2. The number of amides is 2. The van der Waals surface area contributed by atoms with Crippen molar-refractivity contribution >= 4 is 35.1 Å². The monoisotopic (exact) mass is 634 g/mol. The van der Waals surface area contributed by atoms with Gasteiger partial charge in [-0.3, -0.25) is 9.88 Å². The average molecular weight is 635 g/mol. The third-order valence-corrected chi connectivity index (χ3v) is 8.10. The fraction of sp³-hybridized carbons (Fsp3) is 0.406. The molecule has 1 aromatic carbocycles. The van der Waals surface area contributed by atoms with Gasteiger partial charge in [0.25, 0.3) is 0 Å². The minimum absolute atomic E-state index is 0.0739. The highest BCUT2D eigenvalue weighted by molar-refractivity contribution is 5.95. The summed E-state index contributed by atoms with van der Waals surface area (Å²) in [5, 5.41) is 15.0. The van der Waals surface area contributed by atoms with E-state index in [1.807, 2.05) is 36.4 Å². The molecular formula is C32H35FN6O7. The first-order valence-electron chi connectivity index (χ1n) is 15.0. The molecule has 0 radical (unpaired) electrons. The molecule has 0 saturated carbocycles. The van der Waals surface area contributed by atoms with Crippen LogP contribution in [0.5, 0.6) is 0 Å². The minimum atomic E-state index is -1.97. The van der Waals surface area contributed by atoms with Crippen molar-refractivity contribution in [2.45, 2.75) is 63.9 Å². The Labute approximate surface area is 264 Å². The highest BCUT2D eigenvalue weighted by Gasteiger charge is 2.57. The Morgan fingerprint density at radius 3 is 2.76 bits per heavy atom. The molecule has 2 saturated heterocycles. The van der Waals surface area contributed by atoms with Crippen molar-refractivity contribution in [3.63, 3.8) is 0 Å². The molecule has 46 heavy (non-hydrogen) atoms. The number of aliphatic carboxylic acids is 1. The quantitative estimate of drug-likeness (QED) is 0.292. The number of anilines is 1. The van der Waals surface area contributed by atoms with Crippen LogP contribution in [0.3, 0.4) is 0 Å². The van der Waals surface area contributed by atoms with Crippen LogP contribution in [-0.2, 0) is 23.7 Å². The topological polar surface area (TPSA) is 159 Å². The summed E-state index contributed by atoms with van der Waals surface area (Å²) < 4.78 is 42.2. The van der Waals surface area contributed by atoms with Gasteiger partial charge in [-0.15, -0.1) is 0 Å². The summed E-state index contributed by atoms with van der Waals surface area (Å²) in [7, 11) is 0. The number of aromatic nitrogens is 4. The van der Waals surface area contributed by atoms with Crippen molar-refractivity contribution in [1.82, 2.24) is 24.8 Å². The maximum atomic E-state index is 15.6. The summed E-state index contributed by atoms with van der Waals surface area (Å²) in [6, 6.07) is 9.23. The van der Waals surface area contributed by atoms with Crippen LogP contribution in [0.4, 0.5) is 15.0 Å². The third-order valence-electron chi connectivity index (χ3n) is 8.10. The average Bonchev–Trinajstić information content (AvgIpc) is 3.71. The predicted octanol–water partition coefficient (Wildman–Crippen LogP) is 4.37. The predicted molar refractivity (Wildman–Crippen MR) is 164 cm³/mol. The summed E-state index contributed by atoms with van der Waals surface area (Å²) >= 11 is 0. The minimum Gasteiger partial charge on any atom is -0.478 e. The lowest BCUT2D eigenvalue weighted by Gasteiger charge is -2.27. The van der Waals surface area contributed by atoms with Crippen molar-refractivity contribution < 1.29 is 38.0 Å². The van der Waals surface area contributed by atoms with E-state index in [1.165, 1.54) is 18.7 Å². The van der Waals surface area contributed by atoms with Crippen molar-refractivity contribution in [3.8, 4) is 0 Å². The van der Waals surface area contributed by atoms with Crippen molar-refractivity contribution in [2.24, 2.45) is 5.92 Å². The van der Waals surface area contributed by atoms with Crippen LogP contribution in [0.2, 0.25) is 0 Å². The molecule has 3 N–H and O–H groups in total. The van der Waals surface area contributed by atoms with Gasteiger partial charge in [0.1, 0.15) is 24.6 Å². The van der Waals surface area contributed by atoms with Gasteiger partial charge in [-0.2, -0.15) is 0 Å². The van der Waals surface area contributed by atoms with Crippen molar-refractivity contribution in [1.29, 1.82) is 0 Å². The summed E-state index contributed by atoms with van der Waals surface area (Å²) in [6.45, 7) is 5.51. The number of benzene rings is 1. The molecule has 4 heterocycles. The maximum absolute atomic E-state index is 15.6. The van der Waals surface area contributed by atoms with Crippen LogP contribution in [-0.4, -0.2) is 80.2 Å². The van der Waals surface area contributed by atoms with Gasteiger partial charge >= 0.3 is 12.0 Å². The number of imidazole rings is 1. The van der Waals surface area contributed by atoms with E-state index < -0.39 is 48.7 Å². The largest absolute Gasteiger partial charge is 0.478 e. The molecule has 13 nitrogen and oxygen atoms in total. The lowest BCUT2D eigenvalue weighted by molar-refractivity contribution is -0.190. The molecule has 0 bridgehead atoms. The van der Waals surface area contributed by atoms with Crippen LogP contribution in [0.25, 0.3) is 17.2 Å². The molecular weight excluding hydrogens is 599 g/mol. The van der Waals surface area contributed by atoms with Gasteiger partial charge in [-0.1, -0.05) is 55.5 Å². The Hall–Kier alpha value is -4.50. The van der Waals surface area contributed by atoms with E-state index in [0.29, 0.717) is 24.1 Å². The fourth-order valence-corrected chi connectivity index (χ4v) is 5.92. The number of ether oxygens (including phenoxy) is 4. The third kappa shape index (κ3) is 6.29. The Morgan fingerprint density at radius 1 is 1.22 bits per heavy atom. The molecule has 2 aromatic heterocycles. The summed E-state index contributed by atoms with van der Waals surface area (Å²) in [5.74, 6) is -2.53. The lowest BCUT2D eigenvalue weighted by atomic mass is 9.88. The van der Waals surface area contributed by atoms with Gasteiger partial charge in [-0.25, -0.2) is 28.9 Å². The van der Waals surface area contributed by atoms with Crippen LogP contribution in [0, 0.1) is 5.92 Å². The first kappa shape index (κ1) is 31.5. The van der Waals surface area contributed by atoms with Gasteiger partial charge in [0.15, 0.2) is 29.0 Å². The smallest absolute Gasteiger partial charge is 0.335 e. The first-order valence-corrected chi connectivity index (χ1v) is 15.0. The molecule has 0 spiro atoms. The van der Waals surface area contributed by atoms with Gasteiger partial charge in [0.05, 0.1) is 18.5 Å². The second kappa shape index (κ2) is 13.1. The molecule has 3 aromatic rings. The van der Waals surface area contributed by atoms with Crippen LogP contribution in [0.1, 0.15) is 39.0 Å². The van der Waals surface area contributed by atoms with E-state index in [1.54, 1.807) is 37.5 Å². The highest BCUT2D eigenvalue weighted by atomic mass is 19.1. The number of hydrogen-bond acceptors (Lipinski definition) is 9. The maximum Gasteiger partial charge on any atom is 0.335 e. The summed E-state index contributed by atoms with van der Waals surface area (Å²) in [5.41, 5.74) is 1.60. The Bertz CT molecular complexity index is 1690. The molecule has 3 aliphatic rings. The second-order valence-corrected chi connectivity index (χ2v) is 11.4. The Balaban J connectivity index is 1.29. The number of nitrogens with one attached hydrogen (secondary N) is 2. The zero-order valence-corrected chi connectivity index (χ0v) is 25.5. The number of carboxylic acid groups (broad SMARTS) is 1. The van der Waals surface area contributed by atoms with Gasteiger partial charge in [-0.05, 0) is 37.8 Å². The van der Waals surface area contributed by atoms with E-state index in [-0.39, 0.29) is 29.5 Å². The number of carbonyl (C=O) groups excluding carboxylic acids is 1. The number of halogens is 1. The molecule has 242 valence electrons. The fourth-order valence-electron chi connectivity index (χ4n) is 5.92. The van der Waals surface area contributed by atoms with Gasteiger partial charge in [0, 0.05) is 12.1 Å². The number of nitrogens with zero attached hydrogens (tertiary/aromatic N) is 4. The number of rotatable bonds is 10. The summed E-state index contributed by atoms with van der Waals surface area (Å²) in [6.07, 6.45) is 5.10. The Kier molecular flexibility index (Phi) is 8.95. The molecule has 1 aliphatic carbocycles. The normalized spacial score (nSPS) is 28.1. The highest BCUT2D eigenvalue weighted by Crippen LogP contribution is 2.45. The van der Waals surface area contributed by atoms with Crippen molar-refractivity contribution in [3.05, 3.63) is 77.9 Å². The van der Waals surface area contributed by atoms with Gasteiger partial charge in [0.2, 0.25) is 6.36 Å². The van der Waals surface area contributed by atoms with E-state index in [4.69, 9.17) is 18.9 Å². The molecule has 6 rings (SSSR count). The van der Waals surface area contributed by atoms with E-state index in [2.05, 4.69) is 25.6 Å². The van der Waals surface area contributed by atoms with Crippen LogP contribution >= 0.6 is 0 Å². The number of carboxylic acids is 1. The molecule has 7 atom stereocenters. The molecule has 2 amide bonds. The lowest BCUT2D eigenvalue weighted by Crippen LogP contribution is -2.35. The van der Waals surface area contributed by atoms with E-state index in [0.717, 1.165) is 5.56 Å². The van der Waals surface area contributed by atoms with Crippen LogP contribution in [0.15, 0.2) is 72.4 Å². The van der Waals surface area contributed by atoms with E-state index >= 15 is 4.39 Å². The zero-order valence-electron chi connectivity index (χ0n) is 25.5. The Morgan fingerprint density at radius 2 is 2.00 bits per heavy atom. The molecule has 2 aliphatic heterocycles. The molecule has 7 unspecified atom stereocenters. The van der Waals surface area contributed by atoms with Crippen LogP contribution < -0.4 is 10.6 Å². The number of fused-ring (bicyclic) bond motifs is 2. The van der Waals surface area contributed by atoms with E-state index in [9.17, 15) is 14.7 Å². The first-order chi connectivity index (χ1) is 22.2. The SMILES string of the molecule is CCNC(=O)Nc1ncnc2c1ncn2C1OC(COC(F)C2=C(C(=O)O)C=CCC2C)C2OC(C)(/C=C/c3ccccc3)OC21. The van der Waals surface area contributed by atoms with Crippen molar-refractivity contribution in [2.75, 3.05) is 18.5 Å².